The molecule has 4 nitrogen and oxygen atoms in total. The summed E-state index contributed by atoms with van der Waals surface area (Å²) in [5.41, 5.74) is 5.27. The molecule has 1 N–H and O–H groups in total. The fourth-order valence-corrected chi connectivity index (χ4v) is 4.18. The average molecular weight is 400 g/mol. The van der Waals surface area contributed by atoms with Crippen LogP contribution in [-0.2, 0) is 6.54 Å². The molecule has 5 rings (SSSR count). The Morgan fingerprint density at radius 1 is 0.931 bits per heavy atom. The summed E-state index contributed by atoms with van der Waals surface area (Å²) in [6.07, 6.45) is 0. The van der Waals surface area contributed by atoms with Gasteiger partial charge < -0.3 is 4.90 Å². The molecule has 1 aromatic heterocycles. The maximum atomic E-state index is 13.3. The number of rotatable bonds is 4. The lowest BCUT2D eigenvalue weighted by Crippen LogP contribution is -2.29. The minimum absolute atomic E-state index is 0.0523. The molecule has 2 heterocycles. The van der Waals surface area contributed by atoms with E-state index in [1.54, 1.807) is 0 Å². The quantitative estimate of drug-likeness (QED) is 0.494. The summed E-state index contributed by atoms with van der Waals surface area (Å²) in [7, 11) is 0. The summed E-state index contributed by atoms with van der Waals surface area (Å²) in [5, 5.41) is 8.13. The van der Waals surface area contributed by atoms with Crippen LogP contribution in [0.3, 0.4) is 0 Å². The van der Waals surface area contributed by atoms with E-state index in [9.17, 15) is 4.79 Å². The van der Waals surface area contributed by atoms with Gasteiger partial charge in [-0.1, -0.05) is 84.4 Å². The predicted molar refractivity (Wildman–Crippen MR) is 114 cm³/mol. The first kappa shape index (κ1) is 17.7. The number of H-pyrrole nitrogens is 1. The predicted octanol–water partition coefficient (Wildman–Crippen LogP) is 5.48. The Morgan fingerprint density at radius 3 is 2.38 bits per heavy atom. The summed E-state index contributed by atoms with van der Waals surface area (Å²) in [5.74, 6) is -0.0523. The first-order valence-corrected chi connectivity index (χ1v) is 9.84. The van der Waals surface area contributed by atoms with Gasteiger partial charge in [0.25, 0.3) is 5.91 Å². The van der Waals surface area contributed by atoms with Crippen molar-refractivity contribution < 1.29 is 4.79 Å². The second-order valence-electron chi connectivity index (χ2n) is 7.10. The molecule has 142 valence electrons. The van der Waals surface area contributed by atoms with Gasteiger partial charge in [-0.15, -0.1) is 0 Å². The molecule has 1 amide bonds. The number of halogens is 1. The van der Waals surface area contributed by atoms with Crippen LogP contribution in [0.15, 0.2) is 84.9 Å². The van der Waals surface area contributed by atoms with Gasteiger partial charge in [0.05, 0.1) is 11.7 Å². The highest BCUT2D eigenvalue weighted by Crippen LogP contribution is 2.43. The molecule has 1 atom stereocenters. The van der Waals surface area contributed by atoms with E-state index in [1.807, 2.05) is 89.8 Å². The molecule has 29 heavy (non-hydrogen) atoms. The van der Waals surface area contributed by atoms with E-state index >= 15 is 0 Å². The van der Waals surface area contributed by atoms with Crippen molar-refractivity contribution >= 4 is 17.5 Å². The molecule has 5 heteroatoms. The number of nitrogens with zero attached hydrogens (tertiary/aromatic N) is 2. The zero-order valence-electron chi connectivity index (χ0n) is 15.5. The van der Waals surface area contributed by atoms with Crippen molar-refractivity contribution in [3.8, 4) is 11.3 Å². The lowest BCUT2D eigenvalue weighted by molar-refractivity contribution is 0.0730. The third-order valence-electron chi connectivity index (χ3n) is 5.27. The van der Waals surface area contributed by atoms with E-state index in [-0.39, 0.29) is 11.9 Å². The van der Waals surface area contributed by atoms with E-state index in [4.69, 9.17) is 11.6 Å². The molecular formula is C24H18ClN3O. The monoisotopic (exact) mass is 399 g/mol. The molecule has 0 saturated carbocycles. The first-order valence-electron chi connectivity index (χ1n) is 9.46. The lowest BCUT2D eigenvalue weighted by atomic mass is 9.96. The minimum atomic E-state index is -0.259. The zero-order chi connectivity index (χ0) is 19.8. The molecule has 4 aromatic rings. The van der Waals surface area contributed by atoms with Crippen molar-refractivity contribution in [2.24, 2.45) is 0 Å². The van der Waals surface area contributed by atoms with Crippen LogP contribution in [0.5, 0.6) is 0 Å². The maximum Gasteiger partial charge on any atom is 0.273 e. The van der Waals surface area contributed by atoms with Crippen LogP contribution in [0.4, 0.5) is 0 Å². The van der Waals surface area contributed by atoms with E-state index in [0.717, 1.165) is 27.9 Å². The molecule has 0 saturated heterocycles. The molecule has 1 aliphatic heterocycles. The highest BCUT2D eigenvalue weighted by Gasteiger charge is 2.42. The van der Waals surface area contributed by atoms with Crippen LogP contribution in [0.2, 0.25) is 5.02 Å². The second-order valence-corrected chi connectivity index (χ2v) is 7.54. The third kappa shape index (κ3) is 3.12. The Morgan fingerprint density at radius 2 is 1.66 bits per heavy atom. The van der Waals surface area contributed by atoms with Gasteiger partial charge >= 0.3 is 0 Å². The molecule has 0 radical (unpaired) electrons. The average Bonchev–Trinajstić information content (AvgIpc) is 3.29. The van der Waals surface area contributed by atoms with E-state index < -0.39 is 0 Å². The van der Waals surface area contributed by atoms with Crippen molar-refractivity contribution in [2.75, 3.05) is 0 Å². The maximum absolute atomic E-state index is 13.3. The Labute approximate surface area is 173 Å². The summed E-state index contributed by atoms with van der Waals surface area (Å²) in [6, 6.07) is 27.4. The normalized spacial score (nSPS) is 15.6. The number of amides is 1. The Hall–Kier alpha value is -3.37. The Bertz CT molecular complexity index is 1170. The molecule has 3 aromatic carbocycles. The van der Waals surface area contributed by atoms with Crippen LogP contribution in [0, 0.1) is 0 Å². The summed E-state index contributed by atoms with van der Waals surface area (Å²) < 4.78 is 0. The zero-order valence-corrected chi connectivity index (χ0v) is 16.3. The largest absolute Gasteiger partial charge is 0.322 e. The third-order valence-corrected chi connectivity index (χ3v) is 5.51. The van der Waals surface area contributed by atoms with Gasteiger partial charge in [0, 0.05) is 22.7 Å². The van der Waals surface area contributed by atoms with E-state index in [1.165, 1.54) is 0 Å². The van der Waals surface area contributed by atoms with Gasteiger partial charge in [-0.3, -0.25) is 9.89 Å². The number of carbonyl (C=O) groups excluding carboxylic acids is 1. The molecular weight excluding hydrogens is 382 g/mol. The topological polar surface area (TPSA) is 49.0 Å². The van der Waals surface area contributed by atoms with Crippen molar-refractivity contribution in [3.05, 3.63) is 112 Å². The van der Waals surface area contributed by atoms with Gasteiger partial charge in [-0.25, -0.2) is 0 Å². The Balaban J connectivity index is 1.66. The van der Waals surface area contributed by atoms with Crippen molar-refractivity contribution in [1.29, 1.82) is 0 Å². The SMILES string of the molecule is O=C1c2[nH]nc(-c3ccccc3)c2C(c2cccc(Cl)c2)N1Cc1ccccc1. The van der Waals surface area contributed by atoms with Crippen molar-refractivity contribution in [1.82, 2.24) is 15.1 Å². The minimum Gasteiger partial charge on any atom is -0.322 e. The first-order chi connectivity index (χ1) is 14.2. The standard InChI is InChI=1S/C24H18ClN3O/c25-19-13-7-12-18(14-19)23-20-21(17-10-5-2-6-11-17)26-27-22(20)24(29)28(23)15-16-8-3-1-4-9-16/h1-14,23H,15H2,(H,26,27). The number of carbonyl (C=O) groups is 1. The van der Waals surface area contributed by atoms with E-state index in [2.05, 4.69) is 10.2 Å². The van der Waals surface area contributed by atoms with Gasteiger partial charge in [-0.2, -0.15) is 5.10 Å². The van der Waals surface area contributed by atoms with Crippen LogP contribution in [-0.4, -0.2) is 21.0 Å². The fourth-order valence-electron chi connectivity index (χ4n) is 3.98. The number of aromatic amines is 1. The van der Waals surface area contributed by atoms with Gasteiger partial charge in [-0.05, 0) is 23.3 Å². The van der Waals surface area contributed by atoms with Crippen LogP contribution in [0.25, 0.3) is 11.3 Å². The van der Waals surface area contributed by atoms with Gasteiger partial charge in [0.15, 0.2) is 0 Å². The number of hydrogen-bond donors (Lipinski definition) is 1. The molecule has 0 spiro atoms. The summed E-state index contributed by atoms with van der Waals surface area (Å²) in [4.78, 5) is 15.2. The Kier molecular flexibility index (Phi) is 4.41. The van der Waals surface area contributed by atoms with Gasteiger partial charge in [0.2, 0.25) is 0 Å². The second kappa shape index (κ2) is 7.22. The van der Waals surface area contributed by atoms with Crippen molar-refractivity contribution in [2.45, 2.75) is 12.6 Å². The number of nitrogens with one attached hydrogen (secondary N) is 1. The van der Waals surface area contributed by atoms with Gasteiger partial charge in [0.1, 0.15) is 5.69 Å². The summed E-state index contributed by atoms with van der Waals surface area (Å²) >= 11 is 6.30. The number of hydrogen-bond acceptors (Lipinski definition) is 2. The number of fused-ring (bicyclic) bond motifs is 1. The molecule has 1 unspecified atom stereocenters. The highest BCUT2D eigenvalue weighted by atomic mass is 35.5. The smallest absolute Gasteiger partial charge is 0.273 e. The van der Waals surface area contributed by atoms with Crippen LogP contribution < -0.4 is 0 Å². The fraction of sp³-hybridized carbons (Fsp3) is 0.0833. The highest BCUT2D eigenvalue weighted by molar-refractivity contribution is 6.30. The summed E-state index contributed by atoms with van der Waals surface area (Å²) in [6.45, 7) is 0.508. The van der Waals surface area contributed by atoms with Crippen LogP contribution >= 0.6 is 11.6 Å². The molecule has 0 fully saturated rings. The van der Waals surface area contributed by atoms with Crippen LogP contribution in [0.1, 0.15) is 33.2 Å². The van der Waals surface area contributed by atoms with E-state index in [0.29, 0.717) is 17.3 Å². The molecule has 0 aliphatic carbocycles. The number of benzene rings is 3. The van der Waals surface area contributed by atoms with Crippen molar-refractivity contribution in [3.63, 3.8) is 0 Å². The molecule has 0 bridgehead atoms. The lowest BCUT2D eigenvalue weighted by Gasteiger charge is -2.26. The molecule has 1 aliphatic rings. The number of aromatic nitrogens is 2.